The van der Waals surface area contributed by atoms with Crippen molar-refractivity contribution in [2.24, 2.45) is 0 Å². The van der Waals surface area contributed by atoms with Crippen LogP contribution in [0.5, 0.6) is 0 Å². The predicted octanol–water partition coefficient (Wildman–Crippen LogP) is 3.33. The lowest BCUT2D eigenvalue weighted by atomic mass is 9.92. The minimum Gasteiger partial charge on any atom is -0.381 e. The highest BCUT2D eigenvalue weighted by Crippen LogP contribution is 2.26. The first kappa shape index (κ1) is 12.3. The zero-order valence-electron chi connectivity index (χ0n) is 9.88. The van der Waals surface area contributed by atoms with Gasteiger partial charge in [0.2, 0.25) is 0 Å². The van der Waals surface area contributed by atoms with E-state index in [0.717, 1.165) is 25.7 Å². The highest BCUT2D eigenvalue weighted by molar-refractivity contribution is 5.46. The van der Waals surface area contributed by atoms with Gasteiger partial charge in [-0.2, -0.15) is 0 Å². The minimum absolute atomic E-state index is 0.0192. The monoisotopic (exact) mass is 241 g/mol. The maximum Gasteiger partial charge on any atom is 0.149 e. The number of para-hydroxylation sites is 1. The summed E-state index contributed by atoms with van der Waals surface area (Å²) in [5, 5.41) is 2.95. The number of anilines is 1. The number of halogens is 2. The van der Waals surface area contributed by atoms with Crippen LogP contribution in [-0.2, 0) is 4.74 Å². The van der Waals surface area contributed by atoms with Crippen molar-refractivity contribution in [2.75, 3.05) is 12.4 Å². The van der Waals surface area contributed by atoms with E-state index in [1.165, 1.54) is 18.2 Å². The molecule has 0 amide bonds. The van der Waals surface area contributed by atoms with Crippen LogP contribution in [0.25, 0.3) is 0 Å². The predicted molar refractivity (Wildman–Crippen MR) is 63.0 cm³/mol. The second kappa shape index (κ2) is 5.45. The van der Waals surface area contributed by atoms with Gasteiger partial charge in [-0.15, -0.1) is 0 Å². The molecule has 2 atom stereocenters. The first-order valence-electron chi connectivity index (χ1n) is 5.94. The van der Waals surface area contributed by atoms with E-state index < -0.39 is 11.6 Å². The van der Waals surface area contributed by atoms with Crippen LogP contribution in [0.15, 0.2) is 18.2 Å². The Labute approximate surface area is 100.0 Å². The lowest BCUT2D eigenvalue weighted by Gasteiger charge is -2.29. The molecule has 0 spiro atoms. The highest BCUT2D eigenvalue weighted by atomic mass is 19.1. The fraction of sp³-hybridized carbons (Fsp3) is 0.538. The Bertz CT molecular complexity index is 363. The van der Waals surface area contributed by atoms with Gasteiger partial charge in [0.05, 0.1) is 6.10 Å². The maximum absolute atomic E-state index is 13.5. The molecule has 1 aliphatic rings. The summed E-state index contributed by atoms with van der Waals surface area (Å²) in [7, 11) is 1.68. The van der Waals surface area contributed by atoms with Gasteiger partial charge >= 0.3 is 0 Å². The van der Waals surface area contributed by atoms with Crippen LogP contribution in [0.3, 0.4) is 0 Å². The van der Waals surface area contributed by atoms with Gasteiger partial charge in [0, 0.05) is 13.2 Å². The third kappa shape index (κ3) is 2.94. The third-order valence-electron chi connectivity index (χ3n) is 3.27. The van der Waals surface area contributed by atoms with E-state index in [9.17, 15) is 8.78 Å². The van der Waals surface area contributed by atoms with Crippen LogP contribution in [0, 0.1) is 11.6 Å². The van der Waals surface area contributed by atoms with E-state index in [1.807, 2.05) is 0 Å². The van der Waals surface area contributed by atoms with E-state index in [4.69, 9.17) is 4.74 Å². The van der Waals surface area contributed by atoms with Crippen molar-refractivity contribution in [3.05, 3.63) is 29.8 Å². The fourth-order valence-corrected chi connectivity index (χ4v) is 2.33. The van der Waals surface area contributed by atoms with Gasteiger partial charge in [0.1, 0.15) is 17.3 Å². The Hall–Kier alpha value is -1.16. The van der Waals surface area contributed by atoms with Crippen molar-refractivity contribution in [2.45, 2.75) is 37.8 Å². The molecule has 1 N–H and O–H groups in total. The van der Waals surface area contributed by atoms with E-state index in [-0.39, 0.29) is 17.8 Å². The van der Waals surface area contributed by atoms with E-state index in [0.29, 0.717) is 0 Å². The lowest BCUT2D eigenvalue weighted by molar-refractivity contribution is 0.0668. The molecular weight excluding hydrogens is 224 g/mol. The Kier molecular flexibility index (Phi) is 3.94. The Morgan fingerprint density at radius 3 is 2.59 bits per heavy atom. The fourth-order valence-electron chi connectivity index (χ4n) is 2.33. The van der Waals surface area contributed by atoms with E-state index >= 15 is 0 Å². The molecule has 17 heavy (non-hydrogen) atoms. The molecule has 2 rings (SSSR count). The summed E-state index contributed by atoms with van der Waals surface area (Å²) < 4.78 is 32.2. The summed E-state index contributed by atoms with van der Waals surface area (Å²) in [4.78, 5) is 0. The van der Waals surface area contributed by atoms with Gasteiger partial charge in [-0.05, 0) is 37.8 Å². The largest absolute Gasteiger partial charge is 0.381 e. The first-order valence-corrected chi connectivity index (χ1v) is 5.94. The normalized spacial score (nSPS) is 24.6. The average Bonchev–Trinajstić information content (AvgIpc) is 2.34. The molecule has 0 aliphatic heterocycles. The molecule has 2 unspecified atom stereocenters. The smallest absolute Gasteiger partial charge is 0.149 e. The molecule has 0 saturated heterocycles. The summed E-state index contributed by atoms with van der Waals surface area (Å²) in [6.07, 6.45) is 3.95. The summed E-state index contributed by atoms with van der Waals surface area (Å²) in [5.41, 5.74) is -0.0192. The first-order chi connectivity index (χ1) is 8.20. The molecule has 4 heteroatoms. The molecule has 0 heterocycles. The topological polar surface area (TPSA) is 21.3 Å². The summed E-state index contributed by atoms with van der Waals surface area (Å²) in [6.45, 7) is 0. The zero-order chi connectivity index (χ0) is 12.3. The Morgan fingerprint density at radius 1 is 1.24 bits per heavy atom. The quantitative estimate of drug-likeness (QED) is 0.876. The Morgan fingerprint density at radius 2 is 1.94 bits per heavy atom. The van der Waals surface area contributed by atoms with Crippen LogP contribution in [-0.4, -0.2) is 19.3 Å². The van der Waals surface area contributed by atoms with Crippen LogP contribution >= 0.6 is 0 Å². The van der Waals surface area contributed by atoms with Crippen molar-refractivity contribution in [3.8, 4) is 0 Å². The molecule has 1 aliphatic carbocycles. The Balaban J connectivity index is 2.05. The number of hydrogen-bond donors (Lipinski definition) is 1. The van der Waals surface area contributed by atoms with Crippen molar-refractivity contribution in [1.82, 2.24) is 0 Å². The van der Waals surface area contributed by atoms with Gasteiger partial charge < -0.3 is 10.1 Å². The second-order valence-corrected chi connectivity index (χ2v) is 4.46. The number of hydrogen-bond acceptors (Lipinski definition) is 2. The summed E-state index contributed by atoms with van der Waals surface area (Å²) >= 11 is 0. The molecule has 1 aromatic carbocycles. The van der Waals surface area contributed by atoms with Crippen LogP contribution < -0.4 is 5.32 Å². The number of nitrogens with one attached hydrogen (secondary N) is 1. The molecule has 1 aromatic rings. The van der Waals surface area contributed by atoms with Crippen molar-refractivity contribution in [3.63, 3.8) is 0 Å². The number of methoxy groups -OCH3 is 1. The minimum atomic E-state index is -0.537. The van der Waals surface area contributed by atoms with Crippen LogP contribution in [0.1, 0.15) is 25.7 Å². The summed E-state index contributed by atoms with van der Waals surface area (Å²) in [5.74, 6) is -1.07. The highest BCUT2D eigenvalue weighted by Gasteiger charge is 2.23. The molecule has 1 fully saturated rings. The van der Waals surface area contributed by atoms with Gasteiger partial charge in [-0.25, -0.2) is 8.78 Å². The van der Waals surface area contributed by atoms with Gasteiger partial charge in [-0.1, -0.05) is 6.07 Å². The van der Waals surface area contributed by atoms with Crippen LogP contribution in [0.2, 0.25) is 0 Å². The van der Waals surface area contributed by atoms with Crippen molar-refractivity contribution >= 4 is 5.69 Å². The molecule has 2 nitrogen and oxygen atoms in total. The van der Waals surface area contributed by atoms with Gasteiger partial charge in [0.25, 0.3) is 0 Å². The van der Waals surface area contributed by atoms with E-state index in [1.54, 1.807) is 7.11 Å². The maximum atomic E-state index is 13.5. The lowest BCUT2D eigenvalue weighted by Crippen LogP contribution is -2.31. The number of ether oxygens (including phenoxy) is 1. The summed E-state index contributed by atoms with van der Waals surface area (Å²) in [6, 6.07) is 3.98. The van der Waals surface area contributed by atoms with E-state index in [2.05, 4.69) is 5.32 Å². The molecule has 1 saturated carbocycles. The number of benzene rings is 1. The van der Waals surface area contributed by atoms with Crippen LogP contribution in [0.4, 0.5) is 14.5 Å². The standard InChI is InChI=1S/C13H17F2NO/c1-17-10-5-2-4-9(8-10)16-13-11(14)6-3-7-12(13)15/h3,6-7,9-10,16H,2,4-5,8H2,1H3. The second-order valence-electron chi connectivity index (χ2n) is 4.46. The SMILES string of the molecule is COC1CCCC(Nc2c(F)cccc2F)C1. The molecule has 0 aromatic heterocycles. The van der Waals surface area contributed by atoms with Gasteiger partial charge in [0.15, 0.2) is 0 Å². The molecular formula is C13H17F2NO. The number of rotatable bonds is 3. The molecule has 0 radical (unpaired) electrons. The van der Waals surface area contributed by atoms with Crippen molar-refractivity contribution < 1.29 is 13.5 Å². The zero-order valence-corrected chi connectivity index (χ0v) is 9.88. The van der Waals surface area contributed by atoms with Gasteiger partial charge in [-0.3, -0.25) is 0 Å². The molecule has 0 bridgehead atoms. The average molecular weight is 241 g/mol. The molecule has 94 valence electrons. The van der Waals surface area contributed by atoms with Crippen molar-refractivity contribution in [1.29, 1.82) is 0 Å². The third-order valence-corrected chi connectivity index (χ3v) is 3.27.